The summed E-state index contributed by atoms with van der Waals surface area (Å²) in [6.45, 7) is 0. The second-order valence-corrected chi connectivity index (χ2v) is 4.46. The molecule has 0 saturated heterocycles. The van der Waals surface area contributed by atoms with E-state index in [9.17, 15) is 0 Å². The summed E-state index contributed by atoms with van der Waals surface area (Å²) in [5.41, 5.74) is 1.92. The number of aromatic nitrogens is 1. The molecule has 2 heterocycles. The molecular formula is C13H9BrNO+. The minimum atomic E-state index is 0.848. The number of nitrogens with zero attached hydrogens (tertiary/aromatic N) is 1. The minimum absolute atomic E-state index is 0.848. The highest BCUT2D eigenvalue weighted by Crippen LogP contribution is 2.21. The Morgan fingerprint density at radius 1 is 1.00 bits per heavy atom. The maximum absolute atomic E-state index is 5.74. The van der Waals surface area contributed by atoms with Gasteiger partial charge in [0.05, 0.1) is 6.07 Å². The highest BCUT2D eigenvalue weighted by atomic mass is 79.9. The number of fused-ring (bicyclic) bond motifs is 1. The Morgan fingerprint density at radius 2 is 1.81 bits per heavy atom. The second-order valence-electron chi connectivity index (χ2n) is 3.55. The van der Waals surface area contributed by atoms with Crippen LogP contribution in [0.3, 0.4) is 0 Å². The van der Waals surface area contributed by atoms with E-state index < -0.39 is 0 Å². The van der Waals surface area contributed by atoms with Gasteiger partial charge in [0.2, 0.25) is 12.0 Å². The van der Waals surface area contributed by atoms with Gasteiger partial charge >= 0.3 is 5.71 Å². The number of benzene rings is 1. The lowest BCUT2D eigenvalue weighted by atomic mass is 10.2. The normalized spacial score (nSPS) is 10.8. The average molecular weight is 275 g/mol. The summed E-state index contributed by atoms with van der Waals surface area (Å²) in [6.07, 6.45) is 3.96. The van der Waals surface area contributed by atoms with E-state index in [1.165, 1.54) is 0 Å². The van der Waals surface area contributed by atoms with E-state index in [1.807, 2.05) is 59.3 Å². The largest absolute Gasteiger partial charge is 0.398 e. The molecule has 0 saturated carbocycles. The first-order chi connectivity index (χ1) is 7.83. The van der Waals surface area contributed by atoms with Crippen molar-refractivity contribution in [3.63, 3.8) is 0 Å². The highest BCUT2D eigenvalue weighted by Gasteiger charge is 2.11. The molecule has 0 aliphatic heterocycles. The monoisotopic (exact) mass is 274 g/mol. The Morgan fingerprint density at radius 3 is 2.56 bits per heavy atom. The Labute approximate surface area is 101 Å². The number of halogens is 1. The third-order valence-electron chi connectivity index (χ3n) is 2.45. The SMILES string of the molecule is Brc1ccc(-c2c[n+]3ccccc3o2)cc1. The minimum Gasteiger partial charge on any atom is -0.398 e. The second kappa shape index (κ2) is 3.76. The van der Waals surface area contributed by atoms with Crippen LogP contribution in [0.1, 0.15) is 0 Å². The first-order valence-electron chi connectivity index (χ1n) is 4.99. The van der Waals surface area contributed by atoms with Gasteiger partial charge in [-0.05, 0) is 30.3 Å². The standard InChI is InChI=1S/C13H9BrNO/c14-11-6-4-10(5-7-11)12-9-15-8-2-1-3-13(15)16-12/h1-9H/q+1. The lowest BCUT2D eigenvalue weighted by Gasteiger charge is -1.92. The zero-order chi connectivity index (χ0) is 11.0. The quantitative estimate of drug-likeness (QED) is 0.622. The van der Waals surface area contributed by atoms with E-state index >= 15 is 0 Å². The fourth-order valence-electron chi connectivity index (χ4n) is 1.65. The Bertz CT molecular complexity index is 595. The Hall–Kier alpha value is -1.61. The van der Waals surface area contributed by atoms with Gasteiger partial charge in [0.15, 0.2) is 6.20 Å². The predicted octanol–water partition coefficient (Wildman–Crippen LogP) is 3.45. The van der Waals surface area contributed by atoms with Crippen molar-refractivity contribution in [1.29, 1.82) is 0 Å². The van der Waals surface area contributed by atoms with Gasteiger partial charge in [0.25, 0.3) is 0 Å². The summed E-state index contributed by atoms with van der Waals surface area (Å²) < 4.78 is 8.78. The van der Waals surface area contributed by atoms with Crippen molar-refractivity contribution in [1.82, 2.24) is 0 Å². The molecule has 0 radical (unpaired) electrons. The van der Waals surface area contributed by atoms with Crippen molar-refractivity contribution in [2.75, 3.05) is 0 Å². The van der Waals surface area contributed by atoms with Gasteiger partial charge in [-0.15, -0.1) is 4.40 Å². The molecule has 78 valence electrons. The van der Waals surface area contributed by atoms with Crippen LogP contribution in [-0.4, -0.2) is 0 Å². The van der Waals surface area contributed by atoms with Gasteiger partial charge < -0.3 is 4.42 Å². The van der Waals surface area contributed by atoms with Crippen LogP contribution in [0.5, 0.6) is 0 Å². The van der Waals surface area contributed by atoms with Crippen molar-refractivity contribution < 1.29 is 8.82 Å². The molecule has 0 fully saturated rings. The van der Waals surface area contributed by atoms with E-state index in [4.69, 9.17) is 4.42 Å². The van der Waals surface area contributed by atoms with Gasteiger partial charge in [-0.25, -0.2) is 0 Å². The lowest BCUT2D eigenvalue weighted by Crippen LogP contribution is -2.15. The molecule has 1 aromatic carbocycles. The fraction of sp³-hybridized carbons (Fsp3) is 0. The van der Waals surface area contributed by atoms with Gasteiger partial charge in [-0.3, -0.25) is 0 Å². The molecule has 0 aliphatic carbocycles. The summed E-state index contributed by atoms with van der Waals surface area (Å²) in [6, 6.07) is 14.0. The van der Waals surface area contributed by atoms with Crippen molar-refractivity contribution in [2.24, 2.45) is 0 Å². The first kappa shape index (κ1) is 9.60. The summed E-state index contributed by atoms with van der Waals surface area (Å²) in [7, 11) is 0. The number of rotatable bonds is 1. The number of pyridine rings is 1. The van der Waals surface area contributed by atoms with E-state index in [2.05, 4.69) is 15.9 Å². The molecule has 0 aliphatic rings. The third kappa shape index (κ3) is 1.63. The van der Waals surface area contributed by atoms with Gasteiger partial charge in [-0.1, -0.05) is 15.9 Å². The first-order valence-corrected chi connectivity index (χ1v) is 5.78. The molecule has 3 aromatic rings. The van der Waals surface area contributed by atoms with Crippen LogP contribution < -0.4 is 4.40 Å². The fourth-order valence-corrected chi connectivity index (χ4v) is 1.91. The number of hydrogen-bond donors (Lipinski definition) is 0. The summed E-state index contributed by atoms with van der Waals surface area (Å²) in [5.74, 6) is 0.874. The number of hydrogen-bond acceptors (Lipinski definition) is 1. The van der Waals surface area contributed by atoms with Crippen LogP contribution in [0.4, 0.5) is 0 Å². The Kier molecular flexibility index (Phi) is 2.26. The van der Waals surface area contributed by atoms with Gasteiger partial charge in [0.1, 0.15) is 0 Å². The molecule has 0 spiro atoms. The lowest BCUT2D eigenvalue weighted by molar-refractivity contribution is -0.513. The van der Waals surface area contributed by atoms with Crippen LogP contribution in [-0.2, 0) is 0 Å². The van der Waals surface area contributed by atoms with Crippen LogP contribution >= 0.6 is 15.9 Å². The van der Waals surface area contributed by atoms with Crippen molar-refractivity contribution in [3.8, 4) is 11.3 Å². The zero-order valence-corrected chi connectivity index (χ0v) is 10.0. The van der Waals surface area contributed by atoms with Crippen molar-refractivity contribution in [2.45, 2.75) is 0 Å². The van der Waals surface area contributed by atoms with Crippen LogP contribution in [0.25, 0.3) is 17.0 Å². The molecule has 16 heavy (non-hydrogen) atoms. The molecule has 2 aromatic heterocycles. The topological polar surface area (TPSA) is 17.2 Å². The van der Waals surface area contributed by atoms with Crippen molar-refractivity contribution in [3.05, 3.63) is 59.3 Å². The molecule has 0 bridgehead atoms. The molecular weight excluding hydrogens is 266 g/mol. The molecule has 3 heteroatoms. The maximum atomic E-state index is 5.74. The average Bonchev–Trinajstić information content (AvgIpc) is 2.73. The predicted molar refractivity (Wildman–Crippen MR) is 65.0 cm³/mol. The summed E-state index contributed by atoms with van der Waals surface area (Å²) >= 11 is 3.42. The molecule has 0 unspecified atom stereocenters. The molecule has 0 atom stereocenters. The van der Waals surface area contributed by atoms with Crippen LogP contribution in [0.15, 0.2) is 63.7 Å². The summed E-state index contributed by atoms with van der Waals surface area (Å²) in [4.78, 5) is 0. The van der Waals surface area contributed by atoms with Crippen molar-refractivity contribution >= 4 is 21.6 Å². The molecule has 3 rings (SSSR count). The Balaban J connectivity index is 2.15. The van der Waals surface area contributed by atoms with E-state index in [0.717, 1.165) is 21.5 Å². The van der Waals surface area contributed by atoms with Gasteiger partial charge in [-0.2, -0.15) is 0 Å². The van der Waals surface area contributed by atoms with Crippen LogP contribution in [0, 0.1) is 0 Å². The van der Waals surface area contributed by atoms with E-state index in [0.29, 0.717) is 0 Å². The molecule has 0 amide bonds. The zero-order valence-electron chi connectivity index (χ0n) is 8.43. The van der Waals surface area contributed by atoms with Crippen LogP contribution in [0.2, 0.25) is 0 Å². The van der Waals surface area contributed by atoms with E-state index in [-0.39, 0.29) is 0 Å². The molecule has 2 nitrogen and oxygen atoms in total. The summed E-state index contributed by atoms with van der Waals surface area (Å²) in [5, 5.41) is 0. The van der Waals surface area contributed by atoms with Gasteiger partial charge in [0, 0.05) is 16.1 Å². The maximum Gasteiger partial charge on any atom is 0.379 e. The third-order valence-corrected chi connectivity index (χ3v) is 2.98. The highest BCUT2D eigenvalue weighted by molar-refractivity contribution is 9.10. The number of oxazole rings is 1. The smallest absolute Gasteiger partial charge is 0.379 e. The van der Waals surface area contributed by atoms with E-state index in [1.54, 1.807) is 0 Å². The molecule has 0 N–H and O–H groups in total.